The van der Waals surface area contributed by atoms with Crippen LogP contribution in [-0.4, -0.2) is 19.7 Å². The van der Waals surface area contributed by atoms with Gasteiger partial charge in [-0.3, -0.25) is 0 Å². The lowest BCUT2D eigenvalue weighted by atomic mass is 9.87. The molecule has 2 N–H and O–H groups in total. The first-order valence-corrected chi connectivity index (χ1v) is 9.03. The topological polar surface area (TPSA) is 69.6 Å². The van der Waals surface area contributed by atoms with Crippen molar-refractivity contribution in [2.45, 2.75) is 58.4 Å². The lowest BCUT2D eigenvalue weighted by Gasteiger charge is -2.20. The van der Waals surface area contributed by atoms with E-state index in [4.69, 9.17) is 10.8 Å². The standard InChI is InChI=1S/C20H25N5/c1-20(2,3)25-19-17(18(21)22-12-23-19)16(24-25)11-14-9-6-8-13-7-4-5-10-15(13)14/h6,8-9,12H,4-5,7,10-11H2,1-3H3,(H2,21,22,23). The fourth-order valence-electron chi connectivity index (χ4n) is 3.84. The molecule has 130 valence electrons. The van der Waals surface area contributed by atoms with E-state index in [9.17, 15) is 0 Å². The Kier molecular flexibility index (Phi) is 3.74. The molecule has 0 atom stereocenters. The summed E-state index contributed by atoms with van der Waals surface area (Å²) < 4.78 is 1.98. The molecule has 25 heavy (non-hydrogen) atoms. The largest absolute Gasteiger partial charge is 0.383 e. The van der Waals surface area contributed by atoms with Gasteiger partial charge in [0.1, 0.15) is 12.1 Å². The van der Waals surface area contributed by atoms with Crippen LogP contribution in [0.3, 0.4) is 0 Å². The Morgan fingerprint density at radius 3 is 2.72 bits per heavy atom. The number of hydrogen-bond donors (Lipinski definition) is 1. The molecule has 3 aromatic rings. The molecule has 0 unspecified atom stereocenters. The second kappa shape index (κ2) is 5.83. The zero-order valence-corrected chi connectivity index (χ0v) is 15.2. The Morgan fingerprint density at radius 2 is 1.92 bits per heavy atom. The maximum atomic E-state index is 6.20. The molecule has 0 bridgehead atoms. The number of hydrogen-bond acceptors (Lipinski definition) is 4. The normalized spacial score (nSPS) is 14.7. The fraction of sp³-hybridized carbons (Fsp3) is 0.450. The highest BCUT2D eigenvalue weighted by atomic mass is 15.3. The first-order chi connectivity index (χ1) is 11.9. The van der Waals surface area contributed by atoms with Crippen LogP contribution in [0.25, 0.3) is 11.0 Å². The van der Waals surface area contributed by atoms with Crippen molar-refractivity contribution in [3.8, 4) is 0 Å². The first-order valence-electron chi connectivity index (χ1n) is 9.03. The second-order valence-corrected chi connectivity index (χ2v) is 7.93. The molecule has 0 amide bonds. The van der Waals surface area contributed by atoms with Crippen LogP contribution < -0.4 is 5.73 Å². The van der Waals surface area contributed by atoms with Crippen LogP contribution in [0, 0.1) is 0 Å². The van der Waals surface area contributed by atoms with Crippen molar-refractivity contribution in [2.24, 2.45) is 0 Å². The number of nitrogen functional groups attached to an aromatic ring is 1. The van der Waals surface area contributed by atoms with Gasteiger partial charge in [0.05, 0.1) is 16.6 Å². The van der Waals surface area contributed by atoms with Crippen molar-refractivity contribution in [1.82, 2.24) is 19.7 Å². The summed E-state index contributed by atoms with van der Waals surface area (Å²) in [5.74, 6) is 0.514. The number of rotatable bonds is 2. The number of aromatic nitrogens is 4. The van der Waals surface area contributed by atoms with Crippen LogP contribution in [0.4, 0.5) is 5.82 Å². The highest BCUT2D eigenvalue weighted by molar-refractivity contribution is 5.88. The third kappa shape index (κ3) is 2.77. The second-order valence-electron chi connectivity index (χ2n) is 7.93. The zero-order valence-electron chi connectivity index (χ0n) is 15.2. The minimum atomic E-state index is -0.159. The van der Waals surface area contributed by atoms with E-state index >= 15 is 0 Å². The Labute approximate surface area is 148 Å². The summed E-state index contributed by atoms with van der Waals surface area (Å²) in [6.45, 7) is 6.39. The minimum absolute atomic E-state index is 0.159. The number of aryl methyl sites for hydroxylation is 1. The summed E-state index contributed by atoms with van der Waals surface area (Å²) in [5.41, 5.74) is 12.2. The van der Waals surface area contributed by atoms with E-state index in [-0.39, 0.29) is 5.54 Å². The summed E-state index contributed by atoms with van der Waals surface area (Å²) in [5, 5.41) is 5.79. The van der Waals surface area contributed by atoms with Gasteiger partial charge in [-0.25, -0.2) is 14.6 Å². The van der Waals surface area contributed by atoms with Gasteiger partial charge in [-0.15, -0.1) is 0 Å². The molecule has 0 saturated carbocycles. The van der Waals surface area contributed by atoms with E-state index < -0.39 is 0 Å². The Balaban J connectivity index is 1.86. The molecule has 1 aliphatic carbocycles. The zero-order chi connectivity index (χ0) is 17.6. The van der Waals surface area contributed by atoms with Crippen LogP contribution in [0.2, 0.25) is 0 Å². The molecule has 0 radical (unpaired) electrons. The summed E-state index contributed by atoms with van der Waals surface area (Å²) in [7, 11) is 0. The molecule has 0 fully saturated rings. The van der Waals surface area contributed by atoms with E-state index in [0.717, 1.165) is 29.6 Å². The molecule has 2 aromatic heterocycles. The smallest absolute Gasteiger partial charge is 0.164 e. The lowest BCUT2D eigenvalue weighted by molar-refractivity contribution is 0.363. The molecule has 4 rings (SSSR count). The molecular weight excluding hydrogens is 310 g/mol. The average molecular weight is 335 g/mol. The van der Waals surface area contributed by atoms with Crippen molar-refractivity contribution in [1.29, 1.82) is 0 Å². The number of fused-ring (bicyclic) bond motifs is 2. The van der Waals surface area contributed by atoms with Crippen molar-refractivity contribution >= 4 is 16.9 Å². The quantitative estimate of drug-likeness (QED) is 0.776. The number of nitrogens with zero attached hydrogens (tertiary/aromatic N) is 4. The highest BCUT2D eigenvalue weighted by Gasteiger charge is 2.24. The predicted octanol–water partition coefficient (Wildman–Crippen LogP) is 3.63. The van der Waals surface area contributed by atoms with Gasteiger partial charge in [0, 0.05) is 6.42 Å². The molecule has 1 aliphatic rings. The van der Waals surface area contributed by atoms with Gasteiger partial charge in [-0.05, 0) is 63.1 Å². The van der Waals surface area contributed by atoms with E-state index in [1.807, 2.05) is 4.68 Å². The summed E-state index contributed by atoms with van der Waals surface area (Å²) in [6, 6.07) is 6.66. The predicted molar refractivity (Wildman–Crippen MR) is 101 cm³/mol. The molecular formula is C20H25N5. The summed E-state index contributed by atoms with van der Waals surface area (Å²) >= 11 is 0. The van der Waals surface area contributed by atoms with Crippen LogP contribution in [-0.2, 0) is 24.8 Å². The highest BCUT2D eigenvalue weighted by Crippen LogP contribution is 2.30. The van der Waals surface area contributed by atoms with Gasteiger partial charge in [-0.2, -0.15) is 5.10 Å². The van der Waals surface area contributed by atoms with Crippen LogP contribution in [0.15, 0.2) is 24.5 Å². The van der Waals surface area contributed by atoms with Gasteiger partial charge < -0.3 is 5.73 Å². The minimum Gasteiger partial charge on any atom is -0.383 e. The Morgan fingerprint density at radius 1 is 1.12 bits per heavy atom. The Hall–Kier alpha value is -2.43. The van der Waals surface area contributed by atoms with Crippen molar-refractivity contribution in [2.75, 3.05) is 5.73 Å². The molecule has 0 spiro atoms. The van der Waals surface area contributed by atoms with Crippen molar-refractivity contribution in [3.05, 3.63) is 46.9 Å². The first kappa shape index (κ1) is 16.1. The average Bonchev–Trinajstić information content (AvgIpc) is 2.95. The molecule has 1 aromatic carbocycles. The van der Waals surface area contributed by atoms with Gasteiger partial charge >= 0.3 is 0 Å². The Bertz CT molecular complexity index is 933. The molecule has 0 saturated heterocycles. The van der Waals surface area contributed by atoms with Crippen LogP contribution in [0.5, 0.6) is 0 Å². The fourth-order valence-corrected chi connectivity index (χ4v) is 3.84. The van der Waals surface area contributed by atoms with Crippen LogP contribution >= 0.6 is 0 Å². The third-order valence-corrected chi connectivity index (χ3v) is 5.05. The van der Waals surface area contributed by atoms with Crippen LogP contribution in [0.1, 0.15) is 56.0 Å². The lowest BCUT2D eigenvalue weighted by Crippen LogP contribution is -2.23. The van der Waals surface area contributed by atoms with E-state index in [1.54, 1.807) is 0 Å². The van der Waals surface area contributed by atoms with Gasteiger partial charge in [0.25, 0.3) is 0 Å². The summed E-state index contributed by atoms with van der Waals surface area (Å²) in [4.78, 5) is 8.67. The SMILES string of the molecule is CC(C)(C)n1nc(Cc2cccc3c2CCCC3)c2c(N)ncnc21. The maximum Gasteiger partial charge on any atom is 0.164 e. The van der Waals surface area contributed by atoms with Crippen molar-refractivity contribution in [3.63, 3.8) is 0 Å². The van der Waals surface area contributed by atoms with E-state index in [2.05, 4.69) is 48.9 Å². The van der Waals surface area contributed by atoms with Gasteiger partial charge in [-0.1, -0.05) is 18.2 Å². The third-order valence-electron chi connectivity index (χ3n) is 5.05. The number of benzene rings is 1. The monoisotopic (exact) mass is 335 g/mol. The molecule has 0 aliphatic heterocycles. The molecule has 5 heteroatoms. The van der Waals surface area contributed by atoms with E-state index in [1.165, 1.54) is 42.3 Å². The molecule has 5 nitrogen and oxygen atoms in total. The number of anilines is 1. The van der Waals surface area contributed by atoms with E-state index in [0.29, 0.717) is 5.82 Å². The van der Waals surface area contributed by atoms with Gasteiger partial charge in [0.15, 0.2) is 5.65 Å². The van der Waals surface area contributed by atoms with Gasteiger partial charge in [0.2, 0.25) is 0 Å². The number of nitrogens with two attached hydrogens (primary N) is 1. The molecule has 2 heterocycles. The van der Waals surface area contributed by atoms with Crippen molar-refractivity contribution < 1.29 is 0 Å². The maximum absolute atomic E-state index is 6.20. The summed E-state index contributed by atoms with van der Waals surface area (Å²) in [6.07, 6.45) is 7.21.